The van der Waals surface area contributed by atoms with Gasteiger partial charge >= 0.3 is 0 Å². The summed E-state index contributed by atoms with van der Waals surface area (Å²) < 4.78 is 10.9. The van der Waals surface area contributed by atoms with Gasteiger partial charge < -0.3 is 15.2 Å². The summed E-state index contributed by atoms with van der Waals surface area (Å²) in [6.45, 7) is 6.72. The Balaban J connectivity index is 2.74. The molecule has 1 atom stereocenters. The minimum absolute atomic E-state index is 0.0367. The largest absolute Gasteiger partial charge is 0.494 e. The molecule has 0 heterocycles. The van der Waals surface area contributed by atoms with E-state index in [2.05, 4.69) is 0 Å². The standard InChI is InChI=1S/C14H23NO2/c1-5-17-12-8-6-7-11(9-12)13(15)10-14(2,3)16-4/h6-9,13H,5,10,15H2,1-4H3. The van der Waals surface area contributed by atoms with Crippen LogP contribution in [0.4, 0.5) is 0 Å². The second-order valence-corrected chi connectivity index (χ2v) is 4.78. The molecule has 2 N–H and O–H groups in total. The molecular formula is C14H23NO2. The summed E-state index contributed by atoms with van der Waals surface area (Å²) in [4.78, 5) is 0. The normalized spacial score (nSPS) is 13.5. The predicted molar refractivity (Wildman–Crippen MR) is 70.2 cm³/mol. The molecule has 3 heteroatoms. The highest BCUT2D eigenvalue weighted by Gasteiger charge is 2.21. The van der Waals surface area contributed by atoms with Crippen LogP contribution in [0.1, 0.15) is 38.8 Å². The van der Waals surface area contributed by atoms with E-state index in [1.54, 1.807) is 7.11 Å². The quantitative estimate of drug-likeness (QED) is 0.827. The molecule has 0 saturated heterocycles. The fourth-order valence-electron chi connectivity index (χ4n) is 1.73. The molecular weight excluding hydrogens is 214 g/mol. The van der Waals surface area contributed by atoms with Gasteiger partial charge in [0.15, 0.2) is 0 Å². The lowest BCUT2D eigenvalue weighted by Crippen LogP contribution is -2.28. The molecule has 17 heavy (non-hydrogen) atoms. The lowest BCUT2D eigenvalue weighted by Gasteiger charge is -2.26. The summed E-state index contributed by atoms with van der Waals surface area (Å²) in [6, 6.07) is 7.91. The van der Waals surface area contributed by atoms with Crippen molar-refractivity contribution in [2.45, 2.75) is 38.8 Å². The smallest absolute Gasteiger partial charge is 0.119 e. The lowest BCUT2D eigenvalue weighted by atomic mass is 9.94. The Hall–Kier alpha value is -1.06. The molecule has 1 aromatic carbocycles. The zero-order valence-corrected chi connectivity index (χ0v) is 11.2. The molecule has 0 aliphatic rings. The average molecular weight is 237 g/mol. The first kappa shape index (κ1) is 14.0. The van der Waals surface area contributed by atoms with Crippen LogP contribution < -0.4 is 10.5 Å². The first-order valence-corrected chi connectivity index (χ1v) is 6.02. The van der Waals surface area contributed by atoms with Crippen LogP contribution in [0.3, 0.4) is 0 Å². The Morgan fingerprint density at radius 2 is 2.06 bits per heavy atom. The monoisotopic (exact) mass is 237 g/mol. The minimum Gasteiger partial charge on any atom is -0.494 e. The third kappa shape index (κ3) is 4.36. The van der Waals surface area contributed by atoms with Gasteiger partial charge in [0.2, 0.25) is 0 Å². The second-order valence-electron chi connectivity index (χ2n) is 4.78. The molecule has 3 nitrogen and oxygen atoms in total. The first-order valence-electron chi connectivity index (χ1n) is 6.02. The molecule has 0 aliphatic carbocycles. The molecule has 1 rings (SSSR count). The number of benzene rings is 1. The molecule has 1 aromatic rings. The van der Waals surface area contributed by atoms with Gasteiger partial charge in [-0.3, -0.25) is 0 Å². The molecule has 0 aliphatic heterocycles. The molecule has 0 fully saturated rings. The number of ether oxygens (including phenoxy) is 2. The Bertz CT molecular complexity index is 350. The van der Waals surface area contributed by atoms with Crippen molar-refractivity contribution in [1.82, 2.24) is 0 Å². The maximum absolute atomic E-state index is 6.19. The Labute approximate surface area is 104 Å². The maximum atomic E-state index is 6.19. The van der Waals surface area contributed by atoms with E-state index in [0.29, 0.717) is 6.61 Å². The van der Waals surface area contributed by atoms with E-state index < -0.39 is 0 Å². The van der Waals surface area contributed by atoms with Crippen molar-refractivity contribution < 1.29 is 9.47 Å². The van der Waals surface area contributed by atoms with E-state index in [1.165, 1.54) is 0 Å². The fraction of sp³-hybridized carbons (Fsp3) is 0.571. The van der Waals surface area contributed by atoms with Crippen molar-refractivity contribution in [3.63, 3.8) is 0 Å². The number of hydrogen-bond acceptors (Lipinski definition) is 3. The summed E-state index contributed by atoms with van der Waals surface area (Å²) in [5.74, 6) is 0.871. The molecule has 1 unspecified atom stereocenters. The Morgan fingerprint density at radius 3 is 2.65 bits per heavy atom. The van der Waals surface area contributed by atoms with Gasteiger partial charge in [-0.1, -0.05) is 12.1 Å². The van der Waals surface area contributed by atoms with Gasteiger partial charge in [0.05, 0.1) is 12.2 Å². The minimum atomic E-state index is -0.207. The SMILES string of the molecule is CCOc1cccc(C(N)CC(C)(C)OC)c1. The van der Waals surface area contributed by atoms with Gasteiger partial charge in [0.1, 0.15) is 5.75 Å². The van der Waals surface area contributed by atoms with E-state index in [-0.39, 0.29) is 11.6 Å². The number of nitrogens with two attached hydrogens (primary N) is 1. The third-order valence-electron chi connectivity index (χ3n) is 2.86. The van der Waals surface area contributed by atoms with E-state index in [4.69, 9.17) is 15.2 Å². The third-order valence-corrected chi connectivity index (χ3v) is 2.86. The van der Waals surface area contributed by atoms with Gasteiger partial charge in [0, 0.05) is 13.2 Å². The molecule has 0 saturated carbocycles. The van der Waals surface area contributed by atoms with Gasteiger partial charge in [-0.05, 0) is 44.9 Å². The summed E-state index contributed by atoms with van der Waals surface area (Å²) >= 11 is 0. The van der Waals surface area contributed by atoms with E-state index in [0.717, 1.165) is 17.7 Å². The maximum Gasteiger partial charge on any atom is 0.119 e. The Morgan fingerprint density at radius 1 is 1.35 bits per heavy atom. The van der Waals surface area contributed by atoms with Crippen LogP contribution in [0.5, 0.6) is 5.75 Å². The van der Waals surface area contributed by atoms with E-state index >= 15 is 0 Å². The van der Waals surface area contributed by atoms with Crippen molar-refractivity contribution in [2.75, 3.05) is 13.7 Å². The van der Waals surface area contributed by atoms with Gasteiger partial charge in [-0.15, -0.1) is 0 Å². The molecule has 0 bridgehead atoms. The van der Waals surface area contributed by atoms with Crippen LogP contribution in [0.25, 0.3) is 0 Å². The number of rotatable bonds is 6. The van der Waals surface area contributed by atoms with Crippen molar-refractivity contribution >= 4 is 0 Å². The van der Waals surface area contributed by atoms with E-state index in [9.17, 15) is 0 Å². The van der Waals surface area contributed by atoms with Gasteiger partial charge in [0.25, 0.3) is 0 Å². The second kappa shape index (κ2) is 6.03. The van der Waals surface area contributed by atoms with Crippen molar-refractivity contribution in [1.29, 1.82) is 0 Å². The van der Waals surface area contributed by atoms with Crippen molar-refractivity contribution in [2.24, 2.45) is 5.73 Å². The number of methoxy groups -OCH3 is 1. The lowest BCUT2D eigenvalue weighted by molar-refractivity contribution is 0.00994. The van der Waals surface area contributed by atoms with Gasteiger partial charge in [-0.2, -0.15) is 0 Å². The molecule has 0 radical (unpaired) electrons. The van der Waals surface area contributed by atoms with Crippen LogP contribution in [0, 0.1) is 0 Å². The average Bonchev–Trinajstić information content (AvgIpc) is 2.29. The number of hydrogen-bond donors (Lipinski definition) is 1. The first-order chi connectivity index (χ1) is 7.98. The predicted octanol–water partition coefficient (Wildman–Crippen LogP) is 2.90. The topological polar surface area (TPSA) is 44.5 Å². The highest BCUT2D eigenvalue weighted by molar-refractivity contribution is 5.30. The van der Waals surface area contributed by atoms with Crippen LogP contribution in [-0.4, -0.2) is 19.3 Å². The van der Waals surface area contributed by atoms with E-state index in [1.807, 2.05) is 45.0 Å². The molecule has 96 valence electrons. The summed E-state index contributed by atoms with van der Waals surface area (Å²) in [7, 11) is 1.71. The van der Waals surface area contributed by atoms with Crippen LogP contribution >= 0.6 is 0 Å². The Kier molecular flexibility index (Phi) is 4.97. The van der Waals surface area contributed by atoms with Crippen molar-refractivity contribution in [3.8, 4) is 5.75 Å². The van der Waals surface area contributed by atoms with Crippen LogP contribution in [-0.2, 0) is 4.74 Å². The highest BCUT2D eigenvalue weighted by atomic mass is 16.5. The zero-order chi connectivity index (χ0) is 12.9. The van der Waals surface area contributed by atoms with Crippen LogP contribution in [0.15, 0.2) is 24.3 Å². The summed E-state index contributed by atoms with van der Waals surface area (Å²) in [5, 5.41) is 0. The zero-order valence-electron chi connectivity index (χ0n) is 11.2. The van der Waals surface area contributed by atoms with Crippen molar-refractivity contribution in [3.05, 3.63) is 29.8 Å². The highest BCUT2D eigenvalue weighted by Crippen LogP contribution is 2.26. The van der Waals surface area contributed by atoms with Crippen LogP contribution in [0.2, 0.25) is 0 Å². The fourth-order valence-corrected chi connectivity index (χ4v) is 1.73. The molecule has 0 aromatic heterocycles. The molecule has 0 amide bonds. The summed E-state index contributed by atoms with van der Waals surface area (Å²) in [6.07, 6.45) is 0.777. The van der Waals surface area contributed by atoms with Gasteiger partial charge in [-0.25, -0.2) is 0 Å². The summed E-state index contributed by atoms with van der Waals surface area (Å²) in [5.41, 5.74) is 7.06. The molecule has 0 spiro atoms.